The first kappa shape index (κ1) is 25.5. The predicted molar refractivity (Wildman–Crippen MR) is 156 cm³/mol. The van der Waals surface area contributed by atoms with E-state index < -0.39 is 11.9 Å². The van der Waals surface area contributed by atoms with Crippen LogP contribution in [-0.4, -0.2) is 35.2 Å². The summed E-state index contributed by atoms with van der Waals surface area (Å²) in [5.41, 5.74) is 8.74. The second-order valence-corrected chi connectivity index (χ2v) is 9.45. The van der Waals surface area contributed by atoms with Crippen LogP contribution in [0.5, 0.6) is 0 Å². The number of aromatic nitrogens is 6. The lowest BCUT2D eigenvalue weighted by atomic mass is 10.1. The molecule has 0 aliphatic carbocycles. The molecule has 1 amide bonds. The van der Waals surface area contributed by atoms with Gasteiger partial charge in [0.1, 0.15) is 17.2 Å². The summed E-state index contributed by atoms with van der Waals surface area (Å²) in [6.45, 7) is 1.76. The number of nitrogens with one attached hydrogen (secondary N) is 1. The fraction of sp³-hybridized carbons (Fsp3) is 0.0968. The molecular weight excluding hydrogens is 516 g/mol. The Labute approximate surface area is 234 Å². The van der Waals surface area contributed by atoms with E-state index in [1.807, 2.05) is 43.4 Å². The molecule has 4 aromatic heterocycles. The summed E-state index contributed by atoms with van der Waals surface area (Å²) < 4.78 is 3.17. The molecule has 0 spiro atoms. The lowest BCUT2D eigenvalue weighted by molar-refractivity contribution is 0.0940. The van der Waals surface area contributed by atoms with Crippen LogP contribution in [0.1, 0.15) is 40.3 Å². The number of nitrogens with zero attached hydrogens (tertiary/aromatic N) is 6. The van der Waals surface area contributed by atoms with Gasteiger partial charge in [0.15, 0.2) is 0 Å². The van der Waals surface area contributed by atoms with Crippen molar-refractivity contribution in [2.45, 2.75) is 13.0 Å². The van der Waals surface area contributed by atoms with Crippen molar-refractivity contribution in [3.63, 3.8) is 0 Å². The monoisotopic (exact) mass is 540 g/mol. The van der Waals surface area contributed by atoms with Crippen LogP contribution >= 0.6 is 0 Å². The Morgan fingerprint density at radius 2 is 1.83 bits per heavy atom. The normalized spacial score (nSPS) is 11.7. The Morgan fingerprint density at radius 1 is 1.00 bits per heavy atom. The number of fused-ring (bicyclic) bond motifs is 2. The number of aryl methyl sites for hydroxylation is 1. The number of carbonyl (C=O) groups excluding carboxylic acids is 1. The molecular formula is C31H24N8O2. The molecule has 0 unspecified atom stereocenters. The van der Waals surface area contributed by atoms with E-state index in [1.165, 1.54) is 4.57 Å². The number of hydrogen-bond acceptors (Lipinski definition) is 7. The van der Waals surface area contributed by atoms with Gasteiger partial charge in [0, 0.05) is 36.6 Å². The average Bonchev–Trinajstić information content (AvgIpc) is 3.40. The zero-order chi connectivity index (χ0) is 28.5. The van der Waals surface area contributed by atoms with Gasteiger partial charge in [-0.05, 0) is 43.3 Å². The van der Waals surface area contributed by atoms with Crippen molar-refractivity contribution in [3.8, 4) is 17.5 Å². The Hall–Kier alpha value is -5.82. The quantitative estimate of drug-likeness (QED) is 0.327. The van der Waals surface area contributed by atoms with E-state index in [1.54, 1.807) is 60.7 Å². The second-order valence-electron chi connectivity index (χ2n) is 9.45. The molecule has 0 saturated heterocycles. The van der Waals surface area contributed by atoms with E-state index in [4.69, 9.17) is 10.7 Å². The third-order valence-corrected chi connectivity index (χ3v) is 6.62. The first-order valence-electron chi connectivity index (χ1n) is 12.8. The van der Waals surface area contributed by atoms with Crippen molar-refractivity contribution in [2.24, 2.45) is 7.05 Å². The van der Waals surface area contributed by atoms with Crippen LogP contribution < -0.4 is 16.6 Å². The Bertz CT molecular complexity index is 2070. The highest BCUT2D eigenvalue weighted by molar-refractivity contribution is 6.09. The maximum absolute atomic E-state index is 14.2. The molecule has 10 nitrogen and oxygen atoms in total. The van der Waals surface area contributed by atoms with Gasteiger partial charge in [-0.1, -0.05) is 36.1 Å². The van der Waals surface area contributed by atoms with Gasteiger partial charge in [-0.25, -0.2) is 9.97 Å². The van der Waals surface area contributed by atoms with E-state index in [0.29, 0.717) is 38.9 Å². The molecule has 2 aromatic carbocycles. The topological polar surface area (TPSA) is 134 Å². The fourth-order valence-electron chi connectivity index (χ4n) is 4.71. The summed E-state index contributed by atoms with van der Waals surface area (Å²) in [6, 6.07) is 17.4. The third-order valence-electron chi connectivity index (χ3n) is 6.62. The maximum Gasteiger partial charge on any atom is 0.267 e. The molecule has 0 fully saturated rings. The molecule has 0 aliphatic rings. The molecule has 0 radical (unpaired) electrons. The second kappa shape index (κ2) is 10.4. The Balaban J connectivity index is 1.48. The van der Waals surface area contributed by atoms with E-state index >= 15 is 0 Å². The summed E-state index contributed by atoms with van der Waals surface area (Å²) in [7, 11) is 1.81. The molecule has 6 rings (SSSR count). The van der Waals surface area contributed by atoms with Crippen LogP contribution in [0.2, 0.25) is 0 Å². The zero-order valence-electron chi connectivity index (χ0n) is 22.2. The van der Waals surface area contributed by atoms with Crippen molar-refractivity contribution in [2.75, 3.05) is 5.73 Å². The molecule has 0 bridgehead atoms. The Kier molecular flexibility index (Phi) is 6.45. The van der Waals surface area contributed by atoms with E-state index in [-0.39, 0.29) is 16.9 Å². The number of anilines is 1. The standard InChI is InChI=1S/C31H24N8O2/c1-19(36-30(40)26-27-22(9-7-15-33-27)17-34-28(26)32)29-37-24-12-6-8-21(14-13-20-16-35-38(2)18-20)25(24)31(41)39(29)23-10-4-3-5-11-23/h3-12,15-19H,1-2H3,(H2,32,34)(H,36,40)/t19-/m1/s1. The number of pyridine rings is 2. The lowest BCUT2D eigenvalue weighted by Gasteiger charge is -2.20. The van der Waals surface area contributed by atoms with Crippen LogP contribution in [0.3, 0.4) is 0 Å². The molecule has 200 valence electrons. The fourth-order valence-corrected chi connectivity index (χ4v) is 4.71. The van der Waals surface area contributed by atoms with Gasteiger partial charge in [-0.15, -0.1) is 0 Å². The molecule has 6 aromatic rings. The van der Waals surface area contributed by atoms with Crippen molar-refractivity contribution < 1.29 is 4.79 Å². The average molecular weight is 541 g/mol. The van der Waals surface area contributed by atoms with Gasteiger partial charge >= 0.3 is 0 Å². The van der Waals surface area contributed by atoms with Crippen LogP contribution in [0.4, 0.5) is 5.82 Å². The molecule has 0 saturated carbocycles. The molecule has 10 heteroatoms. The first-order chi connectivity index (χ1) is 19.9. The van der Waals surface area contributed by atoms with Gasteiger partial charge in [-0.2, -0.15) is 5.10 Å². The lowest BCUT2D eigenvalue weighted by Crippen LogP contribution is -2.34. The smallest absolute Gasteiger partial charge is 0.267 e. The van der Waals surface area contributed by atoms with E-state index in [2.05, 4.69) is 32.2 Å². The third kappa shape index (κ3) is 4.77. The summed E-state index contributed by atoms with van der Waals surface area (Å²) >= 11 is 0. The maximum atomic E-state index is 14.2. The first-order valence-corrected chi connectivity index (χ1v) is 12.8. The summed E-state index contributed by atoms with van der Waals surface area (Å²) in [6.07, 6.45) is 6.63. The van der Waals surface area contributed by atoms with Gasteiger partial charge in [0.05, 0.1) is 39.9 Å². The molecule has 3 N–H and O–H groups in total. The summed E-state index contributed by atoms with van der Waals surface area (Å²) in [4.78, 5) is 41.1. The zero-order valence-corrected chi connectivity index (χ0v) is 22.2. The number of carbonyl (C=O) groups is 1. The van der Waals surface area contributed by atoms with Crippen LogP contribution in [-0.2, 0) is 7.05 Å². The van der Waals surface area contributed by atoms with Crippen molar-refractivity contribution in [1.29, 1.82) is 0 Å². The SMILES string of the molecule is C[C@@H](NC(=O)c1c(N)ncc2cccnc12)c1nc2cccc(C#Cc3cnn(C)c3)c2c(=O)n1-c1ccccc1. The van der Waals surface area contributed by atoms with Crippen LogP contribution in [0.15, 0.2) is 90.2 Å². The highest BCUT2D eigenvalue weighted by Crippen LogP contribution is 2.23. The number of para-hydroxylation sites is 1. The van der Waals surface area contributed by atoms with Gasteiger partial charge in [0.25, 0.3) is 11.5 Å². The number of nitrogens with two attached hydrogens (primary N) is 1. The number of amides is 1. The minimum atomic E-state index is -0.691. The highest BCUT2D eigenvalue weighted by Gasteiger charge is 2.23. The molecule has 1 atom stereocenters. The molecule has 4 heterocycles. The van der Waals surface area contributed by atoms with Crippen LogP contribution in [0, 0.1) is 11.8 Å². The number of nitrogen functional groups attached to an aromatic ring is 1. The largest absolute Gasteiger partial charge is 0.383 e. The number of rotatable bonds is 4. The van der Waals surface area contributed by atoms with E-state index in [9.17, 15) is 9.59 Å². The van der Waals surface area contributed by atoms with Gasteiger partial charge in [0.2, 0.25) is 0 Å². The van der Waals surface area contributed by atoms with Crippen molar-refractivity contribution in [3.05, 3.63) is 118 Å². The highest BCUT2D eigenvalue weighted by atomic mass is 16.2. The van der Waals surface area contributed by atoms with Crippen LogP contribution in [0.25, 0.3) is 27.5 Å². The summed E-state index contributed by atoms with van der Waals surface area (Å²) in [5.74, 6) is 6.11. The van der Waals surface area contributed by atoms with Gasteiger partial charge in [-0.3, -0.25) is 23.8 Å². The molecule has 41 heavy (non-hydrogen) atoms. The Morgan fingerprint density at radius 3 is 2.61 bits per heavy atom. The van der Waals surface area contributed by atoms with E-state index in [0.717, 1.165) is 5.56 Å². The minimum absolute atomic E-state index is 0.0599. The van der Waals surface area contributed by atoms with Gasteiger partial charge < -0.3 is 11.1 Å². The summed E-state index contributed by atoms with van der Waals surface area (Å²) in [5, 5.41) is 8.16. The number of benzene rings is 2. The van der Waals surface area contributed by atoms with Crippen molar-refractivity contribution in [1.82, 2.24) is 34.6 Å². The number of hydrogen-bond donors (Lipinski definition) is 2. The van der Waals surface area contributed by atoms with Crippen molar-refractivity contribution >= 4 is 33.5 Å². The predicted octanol–water partition coefficient (Wildman–Crippen LogP) is 3.54. The minimum Gasteiger partial charge on any atom is -0.383 e. The molecule has 0 aliphatic heterocycles.